The molecule has 2 amide bonds. The van der Waals surface area contributed by atoms with Gasteiger partial charge in [-0.3, -0.25) is 4.98 Å². The number of primary amides is 1. The second kappa shape index (κ2) is 6.28. The van der Waals surface area contributed by atoms with E-state index in [4.69, 9.17) is 11.5 Å². The number of nitrogens with zero attached hydrogens (tertiary/aromatic N) is 1. The molecule has 0 saturated carbocycles. The molecule has 0 saturated heterocycles. The van der Waals surface area contributed by atoms with Gasteiger partial charge in [-0.2, -0.15) is 0 Å². The normalized spacial score (nSPS) is 11.2. The SMILES string of the molecule is NCc1ccc(S(=O)(=O)NCCNC(N)=O)cn1. The number of sulfonamides is 1. The minimum absolute atomic E-state index is 0.0405. The second-order valence-electron chi connectivity index (χ2n) is 3.38. The van der Waals surface area contributed by atoms with Crippen molar-refractivity contribution >= 4 is 16.1 Å². The van der Waals surface area contributed by atoms with Gasteiger partial charge in [0, 0.05) is 25.8 Å². The number of urea groups is 1. The number of carbonyl (C=O) groups is 1. The number of pyridine rings is 1. The highest BCUT2D eigenvalue weighted by molar-refractivity contribution is 7.89. The van der Waals surface area contributed by atoms with Crippen LogP contribution in [0.1, 0.15) is 5.69 Å². The predicted octanol–water partition coefficient (Wildman–Crippen LogP) is -1.51. The standard InChI is InChI=1S/C9H15N5O3S/c10-5-7-1-2-8(6-13-7)18(16,17)14-4-3-12-9(11)15/h1-2,6,14H,3-5,10H2,(H3,11,12,15). The molecule has 0 aliphatic heterocycles. The third kappa shape index (κ3) is 4.28. The van der Waals surface area contributed by atoms with E-state index >= 15 is 0 Å². The van der Waals surface area contributed by atoms with Gasteiger partial charge >= 0.3 is 6.03 Å². The van der Waals surface area contributed by atoms with Crippen LogP contribution in [0.25, 0.3) is 0 Å². The molecular weight excluding hydrogens is 258 g/mol. The summed E-state index contributed by atoms with van der Waals surface area (Å²) in [4.78, 5) is 14.3. The molecule has 6 N–H and O–H groups in total. The Morgan fingerprint density at radius 3 is 2.56 bits per heavy atom. The highest BCUT2D eigenvalue weighted by Crippen LogP contribution is 2.06. The molecule has 0 aliphatic carbocycles. The maximum absolute atomic E-state index is 11.8. The number of aromatic nitrogens is 1. The number of amides is 2. The zero-order valence-electron chi connectivity index (χ0n) is 9.59. The van der Waals surface area contributed by atoms with Crippen LogP contribution in [-0.2, 0) is 16.6 Å². The van der Waals surface area contributed by atoms with Crippen molar-refractivity contribution < 1.29 is 13.2 Å². The monoisotopic (exact) mass is 273 g/mol. The van der Waals surface area contributed by atoms with Crippen LogP contribution in [0.2, 0.25) is 0 Å². The van der Waals surface area contributed by atoms with E-state index in [1.54, 1.807) is 0 Å². The number of nitrogens with two attached hydrogens (primary N) is 2. The molecule has 1 heterocycles. The van der Waals surface area contributed by atoms with Gasteiger partial charge in [0.25, 0.3) is 0 Å². The molecule has 8 nitrogen and oxygen atoms in total. The molecule has 9 heteroatoms. The van der Waals surface area contributed by atoms with Crippen molar-refractivity contribution in [2.45, 2.75) is 11.4 Å². The number of carbonyl (C=O) groups excluding carboxylic acids is 1. The molecule has 100 valence electrons. The van der Waals surface area contributed by atoms with E-state index in [1.165, 1.54) is 18.3 Å². The molecule has 1 rings (SSSR count). The van der Waals surface area contributed by atoms with Crippen LogP contribution < -0.4 is 21.5 Å². The number of rotatable bonds is 6. The molecule has 0 spiro atoms. The largest absolute Gasteiger partial charge is 0.352 e. The minimum atomic E-state index is -3.63. The minimum Gasteiger partial charge on any atom is -0.352 e. The summed E-state index contributed by atoms with van der Waals surface area (Å²) in [7, 11) is -3.63. The molecule has 0 aliphatic rings. The first-order valence-electron chi connectivity index (χ1n) is 5.13. The van der Waals surface area contributed by atoms with Crippen LogP contribution >= 0.6 is 0 Å². The maximum Gasteiger partial charge on any atom is 0.312 e. The van der Waals surface area contributed by atoms with E-state index in [9.17, 15) is 13.2 Å². The smallest absolute Gasteiger partial charge is 0.312 e. The van der Waals surface area contributed by atoms with Crippen LogP contribution in [-0.4, -0.2) is 32.5 Å². The van der Waals surface area contributed by atoms with Crippen molar-refractivity contribution in [3.8, 4) is 0 Å². The van der Waals surface area contributed by atoms with Gasteiger partial charge in [0.05, 0.1) is 5.69 Å². The Labute approximate surface area is 105 Å². The third-order valence-electron chi connectivity index (χ3n) is 2.03. The van der Waals surface area contributed by atoms with Gasteiger partial charge in [-0.1, -0.05) is 0 Å². The third-order valence-corrected chi connectivity index (χ3v) is 3.48. The Morgan fingerprint density at radius 2 is 2.06 bits per heavy atom. The predicted molar refractivity (Wildman–Crippen MR) is 64.9 cm³/mol. The average Bonchev–Trinajstić information content (AvgIpc) is 2.34. The lowest BCUT2D eigenvalue weighted by atomic mass is 10.4. The molecule has 0 bridgehead atoms. The number of nitrogens with one attached hydrogen (secondary N) is 2. The molecular formula is C9H15N5O3S. The molecule has 0 radical (unpaired) electrons. The molecule has 1 aromatic heterocycles. The van der Waals surface area contributed by atoms with Crippen molar-refractivity contribution in [1.29, 1.82) is 0 Å². The Morgan fingerprint density at radius 1 is 1.33 bits per heavy atom. The summed E-state index contributed by atoms with van der Waals surface area (Å²) in [6.45, 7) is 0.406. The molecule has 0 aromatic carbocycles. The zero-order valence-corrected chi connectivity index (χ0v) is 10.4. The maximum atomic E-state index is 11.8. The Kier molecular flexibility index (Phi) is 5.01. The molecule has 1 aromatic rings. The van der Waals surface area contributed by atoms with Gasteiger partial charge in [0.2, 0.25) is 10.0 Å². The van der Waals surface area contributed by atoms with E-state index in [2.05, 4.69) is 15.0 Å². The quantitative estimate of drug-likeness (QED) is 0.466. The molecule has 0 fully saturated rings. The van der Waals surface area contributed by atoms with Gasteiger partial charge in [-0.25, -0.2) is 17.9 Å². The van der Waals surface area contributed by atoms with E-state index in [0.717, 1.165) is 0 Å². The summed E-state index contributed by atoms with van der Waals surface area (Å²) in [5, 5.41) is 2.27. The lowest BCUT2D eigenvalue weighted by Crippen LogP contribution is -2.37. The molecule has 18 heavy (non-hydrogen) atoms. The van der Waals surface area contributed by atoms with Gasteiger partial charge in [0.15, 0.2) is 0 Å². The summed E-state index contributed by atoms with van der Waals surface area (Å²) >= 11 is 0. The first-order chi connectivity index (χ1) is 8.45. The summed E-state index contributed by atoms with van der Waals surface area (Å²) in [5.41, 5.74) is 10.8. The topological polar surface area (TPSA) is 140 Å². The fraction of sp³-hybridized carbons (Fsp3) is 0.333. The highest BCUT2D eigenvalue weighted by Gasteiger charge is 2.13. The van der Waals surface area contributed by atoms with E-state index in [-0.39, 0.29) is 24.5 Å². The van der Waals surface area contributed by atoms with Crippen molar-refractivity contribution in [2.24, 2.45) is 11.5 Å². The molecule has 0 atom stereocenters. The second-order valence-corrected chi connectivity index (χ2v) is 5.15. The first-order valence-corrected chi connectivity index (χ1v) is 6.62. The fourth-order valence-corrected chi connectivity index (χ4v) is 2.12. The van der Waals surface area contributed by atoms with Crippen molar-refractivity contribution in [1.82, 2.24) is 15.0 Å². The summed E-state index contributed by atoms with van der Waals surface area (Å²) in [6, 6.07) is 2.25. The van der Waals surface area contributed by atoms with E-state index in [0.29, 0.717) is 5.69 Å². The van der Waals surface area contributed by atoms with Crippen molar-refractivity contribution in [2.75, 3.05) is 13.1 Å². The Bertz CT molecular complexity index is 499. The van der Waals surface area contributed by atoms with Crippen LogP contribution in [0.3, 0.4) is 0 Å². The average molecular weight is 273 g/mol. The van der Waals surface area contributed by atoms with Crippen LogP contribution in [0.5, 0.6) is 0 Å². The van der Waals surface area contributed by atoms with Gasteiger partial charge in [-0.05, 0) is 12.1 Å². The zero-order chi connectivity index (χ0) is 13.6. The molecule has 0 unspecified atom stereocenters. The van der Waals surface area contributed by atoms with E-state index in [1.807, 2.05) is 0 Å². The van der Waals surface area contributed by atoms with Crippen LogP contribution in [0.15, 0.2) is 23.2 Å². The first kappa shape index (κ1) is 14.4. The lowest BCUT2D eigenvalue weighted by molar-refractivity contribution is 0.249. The number of hydrogen-bond acceptors (Lipinski definition) is 5. The fourth-order valence-electron chi connectivity index (χ4n) is 1.15. The van der Waals surface area contributed by atoms with E-state index < -0.39 is 16.1 Å². The van der Waals surface area contributed by atoms with Crippen molar-refractivity contribution in [3.63, 3.8) is 0 Å². The lowest BCUT2D eigenvalue weighted by Gasteiger charge is -2.07. The highest BCUT2D eigenvalue weighted by atomic mass is 32.2. The van der Waals surface area contributed by atoms with Gasteiger partial charge < -0.3 is 16.8 Å². The van der Waals surface area contributed by atoms with Crippen LogP contribution in [0.4, 0.5) is 4.79 Å². The number of hydrogen-bond donors (Lipinski definition) is 4. The summed E-state index contributed by atoms with van der Waals surface area (Å²) in [6.07, 6.45) is 1.23. The van der Waals surface area contributed by atoms with Crippen LogP contribution in [0, 0.1) is 0 Å². The van der Waals surface area contributed by atoms with Gasteiger partial charge in [0.1, 0.15) is 4.90 Å². The summed E-state index contributed by atoms with van der Waals surface area (Å²) < 4.78 is 25.8. The summed E-state index contributed by atoms with van der Waals surface area (Å²) in [5.74, 6) is 0. The Balaban J connectivity index is 2.59. The van der Waals surface area contributed by atoms with Gasteiger partial charge in [-0.15, -0.1) is 0 Å². The Hall–Kier alpha value is -1.71. The van der Waals surface area contributed by atoms with Crippen molar-refractivity contribution in [3.05, 3.63) is 24.0 Å².